The molecular weight excluding hydrogens is 450 g/mol. The van der Waals surface area contributed by atoms with Crippen molar-refractivity contribution < 1.29 is 18.0 Å². The molecule has 0 bridgehead atoms. The number of sulfonamides is 1. The van der Waals surface area contributed by atoms with E-state index in [1.165, 1.54) is 11.0 Å². The van der Waals surface area contributed by atoms with Crippen molar-refractivity contribution in [2.24, 2.45) is 0 Å². The molecule has 9 heteroatoms. The van der Waals surface area contributed by atoms with Gasteiger partial charge >= 0.3 is 0 Å². The lowest BCUT2D eigenvalue weighted by Gasteiger charge is -2.32. The molecule has 0 saturated carbocycles. The van der Waals surface area contributed by atoms with Crippen molar-refractivity contribution in [3.05, 3.63) is 65.2 Å². The van der Waals surface area contributed by atoms with Gasteiger partial charge in [0.2, 0.25) is 21.8 Å². The smallest absolute Gasteiger partial charge is 0.244 e. The van der Waals surface area contributed by atoms with Gasteiger partial charge in [0.25, 0.3) is 0 Å². The molecule has 7 nitrogen and oxygen atoms in total. The summed E-state index contributed by atoms with van der Waals surface area (Å²) in [6.45, 7) is 5.16. The topological polar surface area (TPSA) is 86.8 Å². The Morgan fingerprint density at radius 2 is 1.62 bits per heavy atom. The molecule has 174 valence electrons. The van der Waals surface area contributed by atoms with E-state index >= 15 is 0 Å². The molecule has 0 aliphatic heterocycles. The van der Waals surface area contributed by atoms with Crippen molar-refractivity contribution in [1.29, 1.82) is 0 Å². The van der Waals surface area contributed by atoms with Crippen molar-refractivity contribution >= 4 is 39.1 Å². The van der Waals surface area contributed by atoms with E-state index in [0.29, 0.717) is 0 Å². The van der Waals surface area contributed by atoms with E-state index in [-0.39, 0.29) is 29.2 Å². The van der Waals surface area contributed by atoms with Gasteiger partial charge < -0.3 is 10.2 Å². The Kier molecular flexibility index (Phi) is 9.09. The minimum absolute atomic E-state index is 0.0470. The lowest BCUT2D eigenvalue weighted by Crippen LogP contribution is -2.52. The van der Waals surface area contributed by atoms with Crippen LogP contribution in [0.2, 0.25) is 5.02 Å². The summed E-state index contributed by atoms with van der Waals surface area (Å²) in [5.74, 6) is -0.807. The van der Waals surface area contributed by atoms with Gasteiger partial charge in [0.05, 0.1) is 17.0 Å². The first-order valence-corrected chi connectivity index (χ1v) is 12.6. The highest BCUT2D eigenvalue weighted by Gasteiger charge is 2.31. The first-order chi connectivity index (χ1) is 15.0. The van der Waals surface area contributed by atoms with Crippen LogP contribution in [0.15, 0.2) is 54.6 Å². The van der Waals surface area contributed by atoms with Crippen LogP contribution >= 0.6 is 11.6 Å². The summed E-state index contributed by atoms with van der Waals surface area (Å²) < 4.78 is 26.0. The van der Waals surface area contributed by atoms with E-state index in [9.17, 15) is 18.0 Å². The molecule has 0 aliphatic carbocycles. The fraction of sp³-hybridized carbons (Fsp3) is 0.391. The number of carbonyl (C=O) groups is 2. The minimum Gasteiger partial charge on any atom is -0.352 e. The number of nitrogens with one attached hydrogen (secondary N) is 1. The molecule has 2 amide bonds. The summed E-state index contributed by atoms with van der Waals surface area (Å²) in [4.78, 5) is 27.6. The molecule has 0 aromatic heterocycles. The van der Waals surface area contributed by atoms with Crippen LogP contribution in [-0.2, 0) is 26.2 Å². The van der Waals surface area contributed by atoms with Crippen molar-refractivity contribution in [2.45, 2.75) is 45.8 Å². The zero-order valence-corrected chi connectivity index (χ0v) is 20.4. The quantitative estimate of drug-likeness (QED) is 0.565. The van der Waals surface area contributed by atoms with Crippen molar-refractivity contribution in [3.63, 3.8) is 0 Å². The molecule has 0 fully saturated rings. The van der Waals surface area contributed by atoms with Gasteiger partial charge in [-0.3, -0.25) is 13.9 Å². The van der Waals surface area contributed by atoms with Gasteiger partial charge in [-0.2, -0.15) is 0 Å². The predicted molar refractivity (Wildman–Crippen MR) is 128 cm³/mol. The number of rotatable bonds is 10. The molecule has 0 spiro atoms. The summed E-state index contributed by atoms with van der Waals surface area (Å²) in [5.41, 5.74) is 1.04. The molecule has 0 aliphatic rings. The van der Waals surface area contributed by atoms with E-state index in [4.69, 9.17) is 11.6 Å². The molecule has 1 N–H and O–H groups in total. The number of hydrogen-bond acceptors (Lipinski definition) is 4. The summed E-state index contributed by atoms with van der Waals surface area (Å²) >= 11 is 6.21. The number of halogens is 1. The van der Waals surface area contributed by atoms with E-state index in [0.717, 1.165) is 22.5 Å². The number of amides is 2. The van der Waals surface area contributed by atoms with Gasteiger partial charge in [0.1, 0.15) is 12.6 Å². The maximum Gasteiger partial charge on any atom is 0.244 e. The largest absolute Gasteiger partial charge is 0.352 e. The molecule has 32 heavy (non-hydrogen) atoms. The number of benzene rings is 2. The minimum atomic E-state index is -3.81. The van der Waals surface area contributed by atoms with Gasteiger partial charge in [0, 0.05) is 12.6 Å². The fourth-order valence-corrected chi connectivity index (χ4v) is 4.23. The molecule has 2 rings (SSSR count). The monoisotopic (exact) mass is 479 g/mol. The Bertz CT molecular complexity index is 1030. The Morgan fingerprint density at radius 3 is 2.19 bits per heavy atom. The standard InChI is InChI=1S/C23H30ClN3O4S/c1-5-17(2)25-23(29)18(3)26(15-19-11-7-6-8-12-19)22(28)16-27(32(4,30)31)21-14-10-9-13-20(21)24/h6-14,17-18H,5,15-16H2,1-4H3,(H,25,29)/t17-,18+/m1/s1. The second-order valence-corrected chi connectivity index (χ2v) is 10.0. The lowest BCUT2D eigenvalue weighted by atomic mass is 10.1. The molecule has 0 unspecified atom stereocenters. The van der Waals surface area contributed by atoms with Crippen molar-refractivity contribution in [2.75, 3.05) is 17.1 Å². The van der Waals surface area contributed by atoms with E-state index in [2.05, 4.69) is 5.32 Å². The highest BCUT2D eigenvalue weighted by Crippen LogP contribution is 2.27. The van der Waals surface area contributed by atoms with Gasteiger partial charge in [-0.15, -0.1) is 0 Å². The van der Waals surface area contributed by atoms with E-state index < -0.39 is 28.5 Å². The molecule has 2 aromatic rings. The molecule has 0 heterocycles. The van der Waals surface area contributed by atoms with Gasteiger partial charge in [0.15, 0.2) is 0 Å². The SMILES string of the molecule is CC[C@@H](C)NC(=O)[C@H](C)N(Cc1ccccc1)C(=O)CN(c1ccccc1Cl)S(C)(=O)=O. The van der Waals surface area contributed by atoms with Crippen LogP contribution in [0.25, 0.3) is 0 Å². The van der Waals surface area contributed by atoms with Crippen LogP contribution in [0, 0.1) is 0 Å². The first kappa shape index (κ1) is 25.7. The third-order valence-corrected chi connectivity index (χ3v) is 6.61. The predicted octanol–water partition coefficient (Wildman–Crippen LogP) is 3.44. The Balaban J connectivity index is 2.37. The van der Waals surface area contributed by atoms with E-state index in [1.807, 2.05) is 44.2 Å². The molecule has 2 atom stereocenters. The Morgan fingerprint density at radius 1 is 1.03 bits per heavy atom. The maximum absolute atomic E-state index is 13.4. The van der Waals surface area contributed by atoms with Gasteiger partial charge in [-0.1, -0.05) is 61.0 Å². The molecule has 2 aromatic carbocycles. The van der Waals surface area contributed by atoms with Crippen molar-refractivity contribution in [1.82, 2.24) is 10.2 Å². The normalized spacial score (nSPS) is 13.2. The highest BCUT2D eigenvalue weighted by atomic mass is 35.5. The number of para-hydroxylation sites is 1. The van der Waals surface area contributed by atoms with E-state index in [1.54, 1.807) is 25.1 Å². The van der Waals surface area contributed by atoms with Crippen LogP contribution in [0.4, 0.5) is 5.69 Å². The summed E-state index contributed by atoms with van der Waals surface area (Å²) in [6, 6.07) is 14.8. The zero-order chi connectivity index (χ0) is 23.9. The summed E-state index contributed by atoms with van der Waals surface area (Å²) in [7, 11) is -3.81. The number of nitrogens with zero attached hydrogens (tertiary/aromatic N) is 2. The van der Waals surface area contributed by atoms with Crippen LogP contribution in [0.3, 0.4) is 0 Å². The first-order valence-electron chi connectivity index (χ1n) is 10.4. The van der Waals surface area contributed by atoms with Crippen LogP contribution in [-0.4, -0.2) is 50.0 Å². The number of hydrogen-bond donors (Lipinski definition) is 1. The summed E-state index contributed by atoms with van der Waals surface area (Å²) in [6.07, 6.45) is 1.77. The summed E-state index contributed by atoms with van der Waals surface area (Å²) in [5, 5.41) is 3.10. The number of anilines is 1. The van der Waals surface area contributed by atoms with Gasteiger partial charge in [-0.05, 0) is 38.0 Å². The highest BCUT2D eigenvalue weighted by molar-refractivity contribution is 7.92. The average molecular weight is 480 g/mol. The molecule has 0 saturated heterocycles. The third-order valence-electron chi connectivity index (χ3n) is 5.16. The zero-order valence-electron chi connectivity index (χ0n) is 18.8. The van der Waals surface area contributed by atoms with Crippen molar-refractivity contribution in [3.8, 4) is 0 Å². The van der Waals surface area contributed by atoms with Crippen LogP contribution in [0.5, 0.6) is 0 Å². The molecular formula is C23H30ClN3O4S. The third kappa shape index (κ3) is 6.97. The Labute approximate surface area is 195 Å². The molecule has 0 radical (unpaired) electrons. The Hall–Kier alpha value is -2.58. The van der Waals surface area contributed by atoms with Gasteiger partial charge in [-0.25, -0.2) is 8.42 Å². The lowest BCUT2D eigenvalue weighted by molar-refractivity contribution is -0.139. The fourth-order valence-electron chi connectivity index (χ4n) is 3.08. The average Bonchev–Trinajstić information content (AvgIpc) is 2.75. The van der Waals surface area contributed by atoms with Crippen LogP contribution in [0.1, 0.15) is 32.8 Å². The second kappa shape index (κ2) is 11.3. The van der Waals surface area contributed by atoms with Crippen LogP contribution < -0.4 is 9.62 Å². The second-order valence-electron chi connectivity index (χ2n) is 7.72. The maximum atomic E-state index is 13.4. The number of carbonyl (C=O) groups excluding carboxylic acids is 2.